The number of amides is 2. The molecule has 0 aliphatic carbocycles. The van der Waals surface area contributed by atoms with E-state index in [9.17, 15) is 19.2 Å². The molecule has 0 saturated heterocycles. The molecule has 2 amide bonds. The molecular weight excluding hydrogens is 769 g/mol. The van der Waals surface area contributed by atoms with Crippen molar-refractivity contribution < 1.29 is 47.3 Å². The predicted octanol–water partition coefficient (Wildman–Crippen LogP) is 9.55. The summed E-state index contributed by atoms with van der Waals surface area (Å²) in [7, 11) is 1.55. The van der Waals surface area contributed by atoms with Gasteiger partial charge in [-0.05, 0) is 83.6 Å². The quantitative estimate of drug-likeness (QED) is 0.0808. The fraction of sp³-hybridized carbons (Fsp3) is 0.413. The average Bonchev–Trinajstić information content (AvgIpc) is 3.77. The Balaban J connectivity index is 1.53. The number of esters is 1. The molecule has 5 aromatic rings. The van der Waals surface area contributed by atoms with Gasteiger partial charge in [0.2, 0.25) is 5.89 Å². The number of benzene rings is 3. The number of alkyl carbamates (subject to hydrolysis) is 2. The van der Waals surface area contributed by atoms with E-state index in [-0.39, 0.29) is 49.4 Å². The Kier molecular flexibility index (Phi) is 14.3. The Bertz CT molecular complexity index is 2300. The number of para-hydroxylation sites is 1. The van der Waals surface area contributed by atoms with Crippen LogP contribution in [0.1, 0.15) is 107 Å². The highest BCUT2D eigenvalue weighted by Crippen LogP contribution is 2.41. The normalized spacial score (nSPS) is 12.2. The van der Waals surface area contributed by atoms with Crippen molar-refractivity contribution in [3.8, 4) is 16.9 Å². The number of methoxy groups -OCH3 is 1. The first-order valence-electron chi connectivity index (χ1n) is 20.0. The monoisotopic (exact) mass is 824 g/mol. The third kappa shape index (κ3) is 11.5. The summed E-state index contributed by atoms with van der Waals surface area (Å²) in [4.78, 5) is 57.0. The molecule has 0 bridgehead atoms. The second kappa shape index (κ2) is 19.2. The number of oxazole rings is 1. The maximum atomic E-state index is 13.6. The summed E-state index contributed by atoms with van der Waals surface area (Å²) in [6.45, 7) is 16.7. The number of hydrogen-bond donors (Lipinski definition) is 2. The predicted molar refractivity (Wildman–Crippen MR) is 226 cm³/mol. The van der Waals surface area contributed by atoms with Gasteiger partial charge < -0.3 is 38.7 Å². The molecule has 0 fully saturated rings. The van der Waals surface area contributed by atoms with Crippen molar-refractivity contribution in [2.45, 2.75) is 99.0 Å². The smallest absolute Gasteiger partial charge is 0.419 e. The third-order valence-corrected chi connectivity index (χ3v) is 9.10. The second-order valence-corrected chi connectivity index (χ2v) is 16.5. The van der Waals surface area contributed by atoms with Crippen molar-refractivity contribution in [2.24, 2.45) is 5.92 Å². The number of fused-ring (bicyclic) bond motifs is 1. The molecule has 14 nitrogen and oxygen atoms in total. The van der Waals surface area contributed by atoms with E-state index in [4.69, 9.17) is 28.1 Å². The van der Waals surface area contributed by atoms with Crippen LogP contribution in [-0.4, -0.2) is 65.3 Å². The standard InChI is InChI=1S/C46H56N4O10/c1-11-56-41(51)38-35(58-40(48-38)37(28(2)3)49-43(53)57-27-29-17-13-12-14-18-29)25-30-19-15-21-33(39(30)55-10)32-20-16-22-34-36(32)31(23-24-47-42(52)59-45(4,5)6)26-50(34)44(54)60-46(7,8)9/h12-22,26,28,37H,11,23-25,27H2,1-10H3,(H,47,52)(H,49,53)/t37-/m0/s1. The van der Waals surface area contributed by atoms with Crippen molar-refractivity contribution in [3.05, 3.63) is 107 Å². The number of rotatable bonds is 14. The highest BCUT2D eigenvalue weighted by molar-refractivity contribution is 6.03. The van der Waals surface area contributed by atoms with Crippen molar-refractivity contribution in [2.75, 3.05) is 20.3 Å². The number of nitrogens with zero attached hydrogens (tertiary/aromatic N) is 2. The van der Waals surface area contributed by atoms with E-state index in [1.165, 1.54) is 4.57 Å². The summed E-state index contributed by atoms with van der Waals surface area (Å²) >= 11 is 0. The van der Waals surface area contributed by atoms with Gasteiger partial charge in [-0.3, -0.25) is 4.57 Å². The van der Waals surface area contributed by atoms with Gasteiger partial charge in [0, 0.05) is 35.7 Å². The van der Waals surface area contributed by atoms with Crippen molar-refractivity contribution in [3.63, 3.8) is 0 Å². The van der Waals surface area contributed by atoms with Gasteiger partial charge in [0.05, 0.1) is 19.2 Å². The zero-order valence-corrected chi connectivity index (χ0v) is 36.1. The summed E-state index contributed by atoms with van der Waals surface area (Å²) in [5, 5.41) is 6.42. The van der Waals surface area contributed by atoms with Gasteiger partial charge in [-0.1, -0.05) is 74.5 Å². The van der Waals surface area contributed by atoms with Crippen LogP contribution in [0.15, 0.2) is 77.3 Å². The maximum absolute atomic E-state index is 13.6. The van der Waals surface area contributed by atoms with Crippen LogP contribution < -0.4 is 15.4 Å². The van der Waals surface area contributed by atoms with Crippen LogP contribution in [0, 0.1) is 5.92 Å². The fourth-order valence-corrected chi connectivity index (χ4v) is 6.60. The lowest BCUT2D eigenvalue weighted by Gasteiger charge is -2.20. The van der Waals surface area contributed by atoms with Crippen molar-refractivity contribution >= 4 is 35.2 Å². The molecule has 0 spiro atoms. The molecule has 5 rings (SSSR count). The Labute approximate surface area is 350 Å². The van der Waals surface area contributed by atoms with E-state index in [0.29, 0.717) is 28.8 Å². The van der Waals surface area contributed by atoms with Crippen LogP contribution >= 0.6 is 0 Å². The summed E-state index contributed by atoms with van der Waals surface area (Å²) in [6.07, 6.45) is 0.390. The molecule has 0 aliphatic heterocycles. The van der Waals surface area contributed by atoms with Gasteiger partial charge >= 0.3 is 24.2 Å². The number of nitrogens with one attached hydrogen (secondary N) is 2. The van der Waals surface area contributed by atoms with E-state index in [1.807, 2.05) is 80.6 Å². The fourth-order valence-electron chi connectivity index (χ4n) is 6.60. The van der Waals surface area contributed by atoms with Gasteiger partial charge in [0.15, 0.2) is 5.69 Å². The number of carbonyl (C=O) groups is 4. The molecule has 3 aromatic carbocycles. The molecule has 2 N–H and O–H groups in total. The molecule has 2 heterocycles. The van der Waals surface area contributed by atoms with Crippen LogP contribution in [-0.2, 0) is 38.4 Å². The zero-order valence-electron chi connectivity index (χ0n) is 36.1. The molecule has 2 aromatic heterocycles. The van der Waals surface area contributed by atoms with E-state index in [0.717, 1.165) is 22.1 Å². The number of aromatic nitrogens is 2. The molecule has 320 valence electrons. The highest BCUT2D eigenvalue weighted by Gasteiger charge is 2.31. The zero-order chi connectivity index (χ0) is 43.8. The van der Waals surface area contributed by atoms with Crippen molar-refractivity contribution in [1.82, 2.24) is 20.2 Å². The second-order valence-electron chi connectivity index (χ2n) is 16.5. The van der Waals surface area contributed by atoms with E-state index in [2.05, 4.69) is 15.6 Å². The Morgan fingerprint density at radius 1 is 0.817 bits per heavy atom. The molecule has 0 saturated carbocycles. The number of ether oxygens (including phenoxy) is 5. The van der Waals surface area contributed by atoms with Gasteiger partial charge in [0.25, 0.3) is 0 Å². The van der Waals surface area contributed by atoms with Crippen LogP contribution in [0.2, 0.25) is 0 Å². The summed E-state index contributed by atoms with van der Waals surface area (Å²) in [5.74, 6) is -0.0519. The molecule has 0 radical (unpaired) electrons. The van der Waals surface area contributed by atoms with Gasteiger partial charge in [-0.15, -0.1) is 0 Å². The first-order chi connectivity index (χ1) is 28.4. The van der Waals surface area contributed by atoms with Crippen LogP contribution in [0.3, 0.4) is 0 Å². The molecule has 0 aliphatic rings. The van der Waals surface area contributed by atoms with E-state index in [1.54, 1.807) is 61.8 Å². The molecule has 1 atom stereocenters. The lowest BCUT2D eigenvalue weighted by Crippen LogP contribution is -2.33. The summed E-state index contributed by atoms with van der Waals surface area (Å²) in [5.41, 5.74) is 2.87. The Hall–Kier alpha value is -6.31. The first-order valence-corrected chi connectivity index (χ1v) is 20.0. The van der Waals surface area contributed by atoms with Crippen LogP contribution in [0.4, 0.5) is 14.4 Å². The largest absolute Gasteiger partial charge is 0.496 e. The van der Waals surface area contributed by atoms with Crippen molar-refractivity contribution in [1.29, 1.82) is 0 Å². The van der Waals surface area contributed by atoms with Gasteiger partial charge in [-0.25, -0.2) is 24.2 Å². The molecule has 14 heteroatoms. The minimum atomic E-state index is -0.749. The lowest BCUT2D eigenvalue weighted by molar-refractivity contribution is 0.0511. The van der Waals surface area contributed by atoms with Crippen LogP contribution in [0.5, 0.6) is 5.75 Å². The average molecular weight is 825 g/mol. The SMILES string of the molecule is CCOC(=O)c1nc([C@@H](NC(=O)OCc2ccccc2)C(C)C)oc1Cc1cccc(-c2cccc3c2c(CCNC(=O)OC(C)(C)C)cn3C(=O)OC(C)(C)C)c1OC. The van der Waals surface area contributed by atoms with E-state index < -0.39 is 41.5 Å². The minimum Gasteiger partial charge on any atom is -0.496 e. The molecular formula is C46H56N4O10. The summed E-state index contributed by atoms with van der Waals surface area (Å²) < 4.78 is 36.0. The Morgan fingerprint density at radius 3 is 2.15 bits per heavy atom. The first kappa shape index (κ1) is 44.8. The maximum Gasteiger partial charge on any atom is 0.419 e. The van der Waals surface area contributed by atoms with Gasteiger partial charge in [-0.2, -0.15) is 0 Å². The number of hydrogen-bond acceptors (Lipinski definition) is 11. The molecule has 0 unspecified atom stereocenters. The van der Waals surface area contributed by atoms with Gasteiger partial charge in [0.1, 0.15) is 35.4 Å². The summed E-state index contributed by atoms with van der Waals surface area (Å²) in [6, 6.07) is 19.8. The lowest BCUT2D eigenvalue weighted by atomic mass is 9.94. The third-order valence-electron chi connectivity index (χ3n) is 9.10. The Morgan fingerprint density at radius 2 is 1.50 bits per heavy atom. The minimum absolute atomic E-state index is 0.0271. The topological polar surface area (TPSA) is 169 Å². The van der Waals surface area contributed by atoms with E-state index >= 15 is 0 Å². The number of carbonyl (C=O) groups excluding carboxylic acids is 4. The molecule has 60 heavy (non-hydrogen) atoms. The highest BCUT2D eigenvalue weighted by atomic mass is 16.6. The van der Waals surface area contributed by atoms with Crippen LogP contribution in [0.25, 0.3) is 22.0 Å².